The van der Waals surface area contributed by atoms with Crippen molar-refractivity contribution in [1.82, 2.24) is 34.1 Å². The van der Waals surface area contributed by atoms with Crippen LogP contribution in [0.5, 0.6) is 0 Å². The van der Waals surface area contributed by atoms with Gasteiger partial charge in [-0.05, 0) is 12.8 Å². The molecular formula is C16H19N7S2. The molecule has 9 heteroatoms. The van der Waals surface area contributed by atoms with Gasteiger partial charge in [-0.25, -0.2) is 19.0 Å². The summed E-state index contributed by atoms with van der Waals surface area (Å²) in [6, 6.07) is 0.616. The second-order valence-corrected chi connectivity index (χ2v) is 8.23. The van der Waals surface area contributed by atoms with Gasteiger partial charge >= 0.3 is 0 Å². The van der Waals surface area contributed by atoms with Crippen molar-refractivity contribution in [3.8, 4) is 0 Å². The van der Waals surface area contributed by atoms with E-state index in [1.165, 1.54) is 43.5 Å². The number of aromatic nitrogens is 6. The molecule has 130 valence electrons. The molecule has 1 aliphatic carbocycles. The van der Waals surface area contributed by atoms with Crippen LogP contribution in [0.1, 0.15) is 43.5 Å². The molecule has 1 saturated carbocycles. The predicted molar refractivity (Wildman–Crippen MR) is 97.8 cm³/mol. The molecule has 0 bridgehead atoms. The minimum Gasteiger partial charge on any atom is -0.289 e. The van der Waals surface area contributed by atoms with Crippen molar-refractivity contribution in [2.75, 3.05) is 0 Å². The Bertz CT molecular complexity index is 904. The molecule has 0 spiro atoms. The topological polar surface area (TPSA) is 63.6 Å². The molecule has 7 nitrogen and oxygen atoms in total. The molecule has 1 fully saturated rings. The van der Waals surface area contributed by atoms with E-state index < -0.39 is 0 Å². The minimum atomic E-state index is 0.616. The fourth-order valence-electron chi connectivity index (χ4n) is 3.74. The lowest BCUT2D eigenvalue weighted by atomic mass is 9.94. The van der Waals surface area contributed by atoms with Crippen LogP contribution in [0.2, 0.25) is 0 Å². The summed E-state index contributed by atoms with van der Waals surface area (Å²) in [6.45, 7) is 1.78. The zero-order valence-electron chi connectivity index (χ0n) is 13.8. The second kappa shape index (κ2) is 6.47. The number of rotatable bonds is 5. The van der Waals surface area contributed by atoms with Crippen LogP contribution in [-0.4, -0.2) is 40.1 Å². The number of thiazole rings is 2. The fourth-order valence-corrected chi connectivity index (χ4v) is 5.32. The zero-order valence-corrected chi connectivity index (χ0v) is 15.4. The monoisotopic (exact) mass is 373 g/mol. The molecular weight excluding hydrogens is 354 g/mol. The van der Waals surface area contributed by atoms with Gasteiger partial charge in [-0.15, -0.1) is 22.7 Å². The van der Waals surface area contributed by atoms with E-state index in [2.05, 4.69) is 35.8 Å². The van der Waals surface area contributed by atoms with E-state index >= 15 is 0 Å². The Morgan fingerprint density at radius 3 is 2.00 bits per heavy atom. The van der Waals surface area contributed by atoms with Gasteiger partial charge in [0.1, 0.15) is 12.7 Å². The van der Waals surface area contributed by atoms with Gasteiger partial charge in [0.15, 0.2) is 0 Å². The normalized spacial score (nSPS) is 16.5. The largest absolute Gasteiger partial charge is 0.289 e. The SMILES string of the molecule is c1nc2scc(CN(Cc3csc4ncnn34)C3CCCCC3)n2n1. The average molecular weight is 374 g/mol. The summed E-state index contributed by atoms with van der Waals surface area (Å²) in [7, 11) is 0. The van der Waals surface area contributed by atoms with Crippen molar-refractivity contribution in [2.45, 2.75) is 51.2 Å². The molecule has 4 aromatic rings. The highest BCUT2D eigenvalue weighted by molar-refractivity contribution is 7.15. The van der Waals surface area contributed by atoms with Crippen molar-refractivity contribution in [3.05, 3.63) is 34.8 Å². The van der Waals surface area contributed by atoms with Gasteiger partial charge in [-0.1, -0.05) is 19.3 Å². The smallest absolute Gasteiger partial charge is 0.212 e. The number of fused-ring (bicyclic) bond motifs is 2. The third-order valence-corrected chi connectivity index (χ3v) is 6.76. The van der Waals surface area contributed by atoms with Crippen LogP contribution in [0.15, 0.2) is 23.4 Å². The van der Waals surface area contributed by atoms with E-state index in [-0.39, 0.29) is 0 Å². The molecule has 0 aliphatic heterocycles. The maximum Gasteiger partial charge on any atom is 0.212 e. The van der Waals surface area contributed by atoms with Crippen LogP contribution in [-0.2, 0) is 13.1 Å². The van der Waals surface area contributed by atoms with Gasteiger partial charge in [0, 0.05) is 29.9 Å². The van der Waals surface area contributed by atoms with Gasteiger partial charge in [0.25, 0.3) is 0 Å². The molecule has 4 aromatic heterocycles. The molecule has 0 amide bonds. The molecule has 0 saturated heterocycles. The third-order valence-electron chi connectivity index (χ3n) is 5.00. The first-order valence-corrected chi connectivity index (χ1v) is 10.4. The van der Waals surface area contributed by atoms with Gasteiger partial charge in [0.2, 0.25) is 9.92 Å². The maximum atomic E-state index is 4.38. The standard InChI is InChI=1S/C16H19N7S2/c1-2-4-12(5-3-1)21(6-13-8-24-15-17-10-19-22(13)15)7-14-9-25-16-18-11-20-23(14)16/h8-12H,1-7H2. The molecule has 4 heterocycles. The predicted octanol–water partition coefficient (Wildman–Crippen LogP) is 3.23. The summed E-state index contributed by atoms with van der Waals surface area (Å²) >= 11 is 3.32. The summed E-state index contributed by atoms with van der Waals surface area (Å²) in [6.07, 6.45) is 9.83. The van der Waals surface area contributed by atoms with Crippen LogP contribution in [0, 0.1) is 0 Å². The molecule has 0 unspecified atom stereocenters. The van der Waals surface area contributed by atoms with E-state index in [1.54, 1.807) is 35.3 Å². The van der Waals surface area contributed by atoms with E-state index in [0.717, 1.165) is 23.0 Å². The number of hydrogen-bond acceptors (Lipinski definition) is 7. The van der Waals surface area contributed by atoms with Crippen LogP contribution in [0.3, 0.4) is 0 Å². The summed E-state index contributed by atoms with van der Waals surface area (Å²) in [5.74, 6) is 0. The lowest BCUT2D eigenvalue weighted by Crippen LogP contribution is -2.36. The Labute approximate surface area is 152 Å². The third kappa shape index (κ3) is 2.86. The van der Waals surface area contributed by atoms with Crippen molar-refractivity contribution in [2.24, 2.45) is 0 Å². The maximum absolute atomic E-state index is 4.38. The second-order valence-electron chi connectivity index (χ2n) is 6.56. The van der Waals surface area contributed by atoms with E-state index in [0.29, 0.717) is 6.04 Å². The first-order chi connectivity index (χ1) is 12.4. The Morgan fingerprint density at radius 1 is 0.880 bits per heavy atom. The highest BCUT2D eigenvalue weighted by atomic mass is 32.1. The average Bonchev–Trinajstić information content (AvgIpc) is 3.39. The molecule has 0 atom stereocenters. The van der Waals surface area contributed by atoms with Crippen molar-refractivity contribution in [3.63, 3.8) is 0 Å². The van der Waals surface area contributed by atoms with Crippen molar-refractivity contribution >= 4 is 32.6 Å². The molecule has 1 aliphatic rings. The molecule has 5 rings (SSSR count). The molecule has 0 aromatic carbocycles. The Kier molecular flexibility index (Phi) is 3.99. The first-order valence-electron chi connectivity index (χ1n) is 8.65. The summed E-state index contributed by atoms with van der Waals surface area (Å²) < 4.78 is 3.94. The van der Waals surface area contributed by atoms with Gasteiger partial charge < -0.3 is 0 Å². The van der Waals surface area contributed by atoms with Crippen molar-refractivity contribution in [1.29, 1.82) is 0 Å². The summed E-state index contributed by atoms with van der Waals surface area (Å²) in [5, 5.41) is 13.1. The lowest BCUT2D eigenvalue weighted by Gasteiger charge is -2.33. The molecule has 25 heavy (non-hydrogen) atoms. The zero-order chi connectivity index (χ0) is 16.6. The van der Waals surface area contributed by atoms with Crippen LogP contribution in [0.25, 0.3) is 9.92 Å². The minimum absolute atomic E-state index is 0.616. The highest BCUT2D eigenvalue weighted by Crippen LogP contribution is 2.27. The highest BCUT2D eigenvalue weighted by Gasteiger charge is 2.24. The Balaban J connectivity index is 1.45. The van der Waals surface area contributed by atoms with Gasteiger partial charge in [-0.3, -0.25) is 4.90 Å². The van der Waals surface area contributed by atoms with Crippen molar-refractivity contribution < 1.29 is 0 Å². The van der Waals surface area contributed by atoms with E-state index in [1.807, 2.05) is 9.03 Å². The molecule has 0 radical (unpaired) electrons. The molecule has 0 N–H and O–H groups in total. The van der Waals surface area contributed by atoms with Gasteiger partial charge in [-0.2, -0.15) is 10.2 Å². The lowest BCUT2D eigenvalue weighted by molar-refractivity contribution is 0.135. The summed E-state index contributed by atoms with van der Waals surface area (Å²) in [4.78, 5) is 13.1. The van der Waals surface area contributed by atoms with Crippen LogP contribution < -0.4 is 0 Å². The Morgan fingerprint density at radius 2 is 1.44 bits per heavy atom. The summed E-state index contributed by atoms with van der Waals surface area (Å²) in [5.41, 5.74) is 2.43. The fraction of sp³-hybridized carbons (Fsp3) is 0.500. The Hall–Kier alpha value is -1.84. The number of hydrogen-bond donors (Lipinski definition) is 0. The van der Waals surface area contributed by atoms with E-state index in [9.17, 15) is 0 Å². The number of nitrogens with zero attached hydrogens (tertiary/aromatic N) is 7. The van der Waals surface area contributed by atoms with Gasteiger partial charge in [0.05, 0.1) is 11.4 Å². The van der Waals surface area contributed by atoms with Crippen LogP contribution in [0.4, 0.5) is 0 Å². The van der Waals surface area contributed by atoms with E-state index in [4.69, 9.17) is 0 Å². The first kappa shape index (κ1) is 15.4. The van der Waals surface area contributed by atoms with Crippen LogP contribution >= 0.6 is 22.7 Å². The quantitative estimate of drug-likeness (QED) is 0.537.